The molecule has 3 heterocycles. The van der Waals surface area contributed by atoms with Gasteiger partial charge in [-0.15, -0.1) is 0 Å². The monoisotopic (exact) mass is 418 g/mol. The molecule has 5 rings (SSSR count). The third-order valence-corrected chi connectivity index (χ3v) is 6.60. The molecule has 2 saturated heterocycles. The highest BCUT2D eigenvalue weighted by Gasteiger charge is 2.70. The van der Waals surface area contributed by atoms with Crippen LogP contribution >= 0.6 is 0 Å². The molecule has 2 fully saturated rings. The molecular weight excluding hydrogens is 396 g/mol. The Hall–Kier alpha value is -3.52. The van der Waals surface area contributed by atoms with Crippen molar-refractivity contribution < 1.29 is 19.2 Å². The van der Waals surface area contributed by atoms with Gasteiger partial charge in [-0.05, 0) is 18.1 Å². The Balaban J connectivity index is 1.53. The van der Waals surface area contributed by atoms with Crippen molar-refractivity contribution in [3.63, 3.8) is 0 Å². The summed E-state index contributed by atoms with van der Waals surface area (Å²) in [4.78, 5) is 53.1. The van der Waals surface area contributed by atoms with Gasteiger partial charge in [0.15, 0.2) is 0 Å². The zero-order valence-electron chi connectivity index (χ0n) is 16.7. The molecule has 4 N–H and O–H groups in total. The fourth-order valence-electron chi connectivity index (χ4n) is 5.32. The van der Waals surface area contributed by atoms with Gasteiger partial charge in [0.25, 0.3) is 0 Å². The predicted octanol–water partition coefficient (Wildman–Crippen LogP) is 0.525. The fourth-order valence-corrected chi connectivity index (χ4v) is 5.32. The van der Waals surface area contributed by atoms with E-state index in [-0.39, 0.29) is 24.8 Å². The molecule has 0 aliphatic carbocycles. The summed E-state index contributed by atoms with van der Waals surface area (Å²) >= 11 is 0. The fraction of sp³-hybridized carbons (Fsp3) is 0.304. The molecular formula is C23H22N4O4. The Morgan fingerprint density at radius 1 is 1.00 bits per heavy atom. The number of hydrogen-bond acceptors (Lipinski definition) is 5. The van der Waals surface area contributed by atoms with Gasteiger partial charge in [0.05, 0.1) is 11.8 Å². The number of primary amides is 1. The van der Waals surface area contributed by atoms with E-state index in [4.69, 9.17) is 5.73 Å². The summed E-state index contributed by atoms with van der Waals surface area (Å²) in [6.45, 7) is 0.220. The maximum Gasteiger partial charge on any atom is 0.250 e. The van der Waals surface area contributed by atoms with Crippen LogP contribution in [0.25, 0.3) is 0 Å². The number of hydrogen-bond donors (Lipinski definition) is 3. The summed E-state index contributed by atoms with van der Waals surface area (Å²) in [6.07, 6.45) is 0.380. The number of amides is 4. The zero-order valence-corrected chi connectivity index (χ0v) is 16.7. The molecule has 158 valence electrons. The number of carbonyl (C=O) groups is 4. The number of nitrogens with zero attached hydrogens (tertiary/aromatic N) is 1. The van der Waals surface area contributed by atoms with E-state index in [0.717, 1.165) is 5.56 Å². The van der Waals surface area contributed by atoms with Crippen LogP contribution < -0.4 is 16.4 Å². The molecule has 8 nitrogen and oxygen atoms in total. The lowest BCUT2D eigenvalue weighted by atomic mass is 9.76. The highest BCUT2D eigenvalue weighted by atomic mass is 16.2. The third-order valence-electron chi connectivity index (χ3n) is 6.60. The van der Waals surface area contributed by atoms with Gasteiger partial charge in [-0.25, -0.2) is 0 Å². The first-order valence-corrected chi connectivity index (χ1v) is 10.3. The molecule has 3 aliphatic heterocycles. The van der Waals surface area contributed by atoms with Crippen LogP contribution in [0.2, 0.25) is 0 Å². The summed E-state index contributed by atoms with van der Waals surface area (Å²) in [7, 11) is 0. The van der Waals surface area contributed by atoms with Crippen molar-refractivity contribution in [2.24, 2.45) is 17.6 Å². The number of fused-ring (bicyclic) bond motifs is 4. The molecule has 8 heteroatoms. The zero-order chi connectivity index (χ0) is 21.8. The summed E-state index contributed by atoms with van der Waals surface area (Å²) < 4.78 is 0. The Labute approximate surface area is 178 Å². The molecule has 2 aromatic carbocycles. The largest absolute Gasteiger partial charge is 0.370 e. The lowest BCUT2D eigenvalue weighted by molar-refractivity contribution is -0.142. The van der Waals surface area contributed by atoms with Gasteiger partial charge < -0.3 is 11.1 Å². The number of likely N-dealkylation sites (tertiary alicyclic amines) is 1. The van der Waals surface area contributed by atoms with Crippen LogP contribution in [0.4, 0.5) is 5.69 Å². The highest BCUT2D eigenvalue weighted by Crippen LogP contribution is 2.53. The van der Waals surface area contributed by atoms with Gasteiger partial charge in [-0.3, -0.25) is 29.4 Å². The summed E-state index contributed by atoms with van der Waals surface area (Å²) in [6, 6.07) is 16.0. The number of benzene rings is 2. The van der Waals surface area contributed by atoms with Crippen LogP contribution in [0.1, 0.15) is 17.5 Å². The average Bonchev–Trinajstić information content (AvgIpc) is 3.32. The van der Waals surface area contributed by atoms with Crippen molar-refractivity contribution in [3.8, 4) is 0 Å². The van der Waals surface area contributed by atoms with E-state index in [2.05, 4.69) is 10.6 Å². The maximum atomic E-state index is 13.5. The topological polar surface area (TPSA) is 122 Å². The van der Waals surface area contributed by atoms with E-state index in [9.17, 15) is 19.2 Å². The van der Waals surface area contributed by atoms with Gasteiger partial charge >= 0.3 is 0 Å². The lowest BCUT2D eigenvalue weighted by Gasteiger charge is -2.29. The Kier molecular flexibility index (Phi) is 4.40. The van der Waals surface area contributed by atoms with E-state index in [1.54, 1.807) is 24.3 Å². The van der Waals surface area contributed by atoms with Crippen LogP contribution in [-0.2, 0) is 31.1 Å². The number of rotatable bonds is 5. The van der Waals surface area contributed by atoms with Crippen LogP contribution in [0.5, 0.6) is 0 Å². The minimum atomic E-state index is -1.39. The van der Waals surface area contributed by atoms with Crippen LogP contribution in [-0.4, -0.2) is 41.1 Å². The number of carbonyl (C=O) groups excluding carboxylic acids is 4. The Morgan fingerprint density at radius 3 is 2.45 bits per heavy atom. The molecule has 3 aliphatic rings. The molecule has 31 heavy (non-hydrogen) atoms. The van der Waals surface area contributed by atoms with E-state index in [1.807, 2.05) is 30.3 Å². The maximum absolute atomic E-state index is 13.5. The number of nitrogens with one attached hydrogen (secondary N) is 2. The van der Waals surface area contributed by atoms with Crippen molar-refractivity contribution >= 4 is 29.3 Å². The highest BCUT2D eigenvalue weighted by molar-refractivity contribution is 6.15. The molecule has 1 spiro atoms. The van der Waals surface area contributed by atoms with Gasteiger partial charge in [0, 0.05) is 30.3 Å². The summed E-state index contributed by atoms with van der Waals surface area (Å²) in [5.74, 6) is -3.49. The predicted molar refractivity (Wildman–Crippen MR) is 111 cm³/mol. The SMILES string of the molecule is NC(=O)C[C@@H]1N[C@@]2(C(=O)Nc3ccccc32)[C@@H]2C(=O)N(CCc3ccccc3)C(=O)[C@H]12. The molecule has 0 aromatic heterocycles. The first-order valence-electron chi connectivity index (χ1n) is 10.3. The van der Waals surface area contributed by atoms with Gasteiger partial charge in [-0.1, -0.05) is 48.5 Å². The molecule has 4 amide bonds. The molecule has 0 saturated carbocycles. The third kappa shape index (κ3) is 2.79. The number of para-hydroxylation sites is 1. The second-order valence-electron chi connectivity index (χ2n) is 8.30. The minimum absolute atomic E-state index is 0.135. The van der Waals surface area contributed by atoms with Crippen LogP contribution in [0.15, 0.2) is 54.6 Å². The lowest BCUT2D eigenvalue weighted by Crippen LogP contribution is -2.53. The van der Waals surface area contributed by atoms with E-state index in [0.29, 0.717) is 17.7 Å². The smallest absolute Gasteiger partial charge is 0.250 e. The Morgan fingerprint density at radius 2 is 1.71 bits per heavy atom. The van der Waals surface area contributed by atoms with Crippen molar-refractivity contribution in [2.45, 2.75) is 24.4 Å². The summed E-state index contributed by atoms with van der Waals surface area (Å²) in [5, 5.41) is 6.00. The summed E-state index contributed by atoms with van der Waals surface area (Å²) in [5.41, 5.74) is 6.26. The second-order valence-corrected chi connectivity index (χ2v) is 8.30. The van der Waals surface area contributed by atoms with E-state index in [1.165, 1.54) is 4.90 Å². The Bertz CT molecular complexity index is 1100. The van der Waals surface area contributed by atoms with Gasteiger partial charge in [0.1, 0.15) is 5.54 Å². The number of nitrogens with two attached hydrogens (primary N) is 1. The van der Waals surface area contributed by atoms with Gasteiger partial charge in [0.2, 0.25) is 23.6 Å². The quantitative estimate of drug-likeness (QED) is 0.612. The van der Waals surface area contributed by atoms with Crippen molar-refractivity contribution in [1.29, 1.82) is 0 Å². The first kappa shape index (κ1) is 19.4. The molecule has 2 aromatic rings. The normalized spacial score (nSPS) is 28.7. The van der Waals surface area contributed by atoms with E-state index < -0.39 is 35.2 Å². The van der Waals surface area contributed by atoms with Gasteiger partial charge in [-0.2, -0.15) is 0 Å². The molecule has 0 radical (unpaired) electrons. The minimum Gasteiger partial charge on any atom is -0.370 e. The van der Waals surface area contributed by atoms with Crippen molar-refractivity contribution in [3.05, 3.63) is 65.7 Å². The van der Waals surface area contributed by atoms with Crippen LogP contribution in [0, 0.1) is 11.8 Å². The molecule has 0 bridgehead atoms. The second kappa shape index (κ2) is 7.02. The molecule has 4 atom stereocenters. The number of anilines is 1. The van der Waals surface area contributed by atoms with Crippen LogP contribution in [0.3, 0.4) is 0 Å². The average molecular weight is 418 g/mol. The van der Waals surface area contributed by atoms with Crippen molar-refractivity contribution in [1.82, 2.24) is 10.2 Å². The standard InChI is InChI=1S/C23H22N4O4/c24-17(28)12-16-18-19(23(26-16)14-8-4-5-9-15(14)25-22(23)31)21(30)27(20(18)29)11-10-13-6-2-1-3-7-13/h1-9,16,18-19,26H,10-12H2,(H2,24,28)(H,25,31)/t16-,18+,19-,23+/m0/s1. The first-order chi connectivity index (χ1) is 14.9. The molecule has 0 unspecified atom stereocenters. The van der Waals surface area contributed by atoms with E-state index >= 15 is 0 Å². The van der Waals surface area contributed by atoms with Crippen molar-refractivity contribution in [2.75, 3.05) is 11.9 Å². The number of imide groups is 1.